The lowest BCUT2D eigenvalue weighted by Crippen LogP contribution is -2.40. The van der Waals surface area contributed by atoms with E-state index in [4.69, 9.17) is 5.84 Å². The lowest BCUT2D eigenvalue weighted by atomic mass is 10.1. The van der Waals surface area contributed by atoms with E-state index in [0.29, 0.717) is 11.3 Å². The van der Waals surface area contributed by atoms with Crippen LogP contribution in [0.2, 0.25) is 0 Å². The molecule has 1 aliphatic rings. The molecule has 5 heteroatoms. The van der Waals surface area contributed by atoms with Gasteiger partial charge in [-0.05, 0) is 18.2 Å². The number of hydrazine groups is 2. The molecule has 72 valence electrons. The van der Waals surface area contributed by atoms with Crippen LogP contribution in [0.25, 0.3) is 5.70 Å². The number of nitrogens with two attached hydrogens (primary N) is 1. The Hall–Kier alpha value is -1.88. The monoisotopic (exact) mass is 192 g/mol. The smallest absolute Gasteiger partial charge is 0.132 e. The zero-order chi connectivity index (χ0) is 9.97. The van der Waals surface area contributed by atoms with Gasteiger partial charge in [-0.2, -0.15) is 5.10 Å². The molecule has 0 unspecified atom stereocenters. The van der Waals surface area contributed by atoms with Gasteiger partial charge < -0.3 is 0 Å². The minimum absolute atomic E-state index is 0.314. The summed E-state index contributed by atoms with van der Waals surface area (Å²) < 4.78 is 13.4. The van der Waals surface area contributed by atoms with Crippen molar-refractivity contribution in [2.75, 3.05) is 0 Å². The van der Waals surface area contributed by atoms with Crippen LogP contribution in [0.5, 0.6) is 0 Å². The molecule has 2 rings (SSSR count). The second kappa shape index (κ2) is 3.47. The Labute approximate surface area is 80.5 Å². The summed E-state index contributed by atoms with van der Waals surface area (Å²) in [5.74, 6) is 5.24. The third-order valence-electron chi connectivity index (χ3n) is 1.88. The van der Waals surface area contributed by atoms with Crippen molar-refractivity contribution in [1.29, 1.82) is 0 Å². The maximum Gasteiger partial charge on any atom is 0.132 e. The predicted octanol–water partition coefficient (Wildman–Crippen LogP) is 0.846. The van der Waals surface area contributed by atoms with Gasteiger partial charge in [-0.15, -0.1) is 0 Å². The van der Waals surface area contributed by atoms with Gasteiger partial charge in [0.2, 0.25) is 0 Å². The Kier molecular flexibility index (Phi) is 2.16. The number of hydrazone groups is 1. The molecule has 1 aliphatic heterocycles. The normalized spacial score (nSPS) is 15.0. The highest BCUT2D eigenvalue weighted by molar-refractivity contribution is 5.84. The zero-order valence-electron chi connectivity index (χ0n) is 7.31. The van der Waals surface area contributed by atoms with Crippen LogP contribution in [0.15, 0.2) is 35.4 Å². The van der Waals surface area contributed by atoms with E-state index in [1.165, 1.54) is 17.4 Å². The van der Waals surface area contributed by atoms with Crippen molar-refractivity contribution in [3.05, 3.63) is 41.7 Å². The van der Waals surface area contributed by atoms with Gasteiger partial charge in [0.25, 0.3) is 0 Å². The molecule has 14 heavy (non-hydrogen) atoms. The molecule has 0 spiro atoms. The molecule has 0 radical (unpaired) electrons. The number of nitrogens with zero attached hydrogens (tertiary/aromatic N) is 2. The highest BCUT2D eigenvalue weighted by atomic mass is 19.1. The third-order valence-corrected chi connectivity index (χ3v) is 1.88. The van der Waals surface area contributed by atoms with Gasteiger partial charge in [-0.3, -0.25) is 0 Å². The predicted molar refractivity (Wildman–Crippen MR) is 52.0 cm³/mol. The van der Waals surface area contributed by atoms with Gasteiger partial charge in [-0.1, -0.05) is 12.1 Å². The molecule has 0 saturated carbocycles. The number of allylic oxidation sites excluding steroid dienone is 1. The summed E-state index contributed by atoms with van der Waals surface area (Å²) in [6.07, 6.45) is 3.15. The number of halogens is 1. The highest BCUT2D eigenvalue weighted by Gasteiger charge is 2.12. The summed E-state index contributed by atoms with van der Waals surface area (Å²) in [6.45, 7) is 0. The third kappa shape index (κ3) is 1.45. The maximum absolute atomic E-state index is 13.4. The molecule has 3 N–H and O–H groups in total. The van der Waals surface area contributed by atoms with E-state index in [2.05, 4.69) is 10.6 Å². The van der Waals surface area contributed by atoms with Crippen LogP contribution in [-0.2, 0) is 0 Å². The molecule has 1 heterocycles. The molecule has 0 fully saturated rings. The first-order valence-electron chi connectivity index (χ1n) is 4.08. The Morgan fingerprint density at radius 3 is 2.86 bits per heavy atom. The summed E-state index contributed by atoms with van der Waals surface area (Å²) in [4.78, 5) is 0. The summed E-state index contributed by atoms with van der Waals surface area (Å²) in [5, 5.41) is 4.86. The fourth-order valence-electron chi connectivity index (χ4n) is 1.23. The molecule has 0 aliphatic carbocycles. The first-order chi connectivity index (χ1) is 6.79. The molecular formula is C9H9FN4. The van der Waals surface area contributed by atoms with Gasteiger partial charge in [0.05, 0.1) is 11.9 Å². The van der Waals surface area contributed by atoms with Crippen LogP contribution in [0.4, 0.5) is 4.39 Å². The molecule has 0 saturated heterocycles. The quantitative estimate of drug-likeness (QED) is 0.648. The van der Waals surface area contributed by atoms with Crippen molar-refractivity contribution < 1.29 is 4.39 Å². The van der Waals surface area contributed by atoms with Crippen molar-refractivity contribution in [3.8, 4) is 0 Å². The van der Waals surface area contributed by atoms with Gasteiger partial charge in [0.15, 0.2) is 0 Å². The minimum Gasteiger partial charge on any atom is -0.227 e. The average molecular weight is 192 g/mol. The Morgan fingerprint density at radius 1 is 1.36 bits per heavy atom. The van der Waals surface area contributed by atoms with Gasteiger partial charge >= 0.3 is 0 Å². The van der Waals surface area contributed by atoms with Crippen molar-refractivity contribution >= 4 is 11.9 Å². The Balaban J connectivity index is 2.44. The lowest BCUT2D eigenvalue weighted by molar-refractivity contribution is 0.303. The van der Waals surface area contributed by atoms with Gasteiger partial charge in [-0.25, -0.2) is 20.9 Å². The molecule has 0 atom stereocenters. The van der Waals surface area contributed by atoms with Gasteiger partial charge in [0, 0.05) is 5.56 Å². The van der Waals surface area contributed by atoms with E-state index in [-0.39, 0.29) is 5.82 Å². The van der Waals surface area contributed by atoms with Crippen molar-refractivity contribution in [2.45, 2.75) is 0 Å². The number of hydrogen-bond donors (Lipinski definition) is 2. The molecule has 1 aromatic carbocycles. The molecular weight excluding hydrogens is 183 g/mol. The summed E-state index contributed by atoms with van der Waals surface area (Å²) >= 11 is 0. The Morgan fingerprint density at radius 2 is 2.14 bits per heavy atom. The molecule has 0 bridgehead atoms. The van der Waals surface area contributed by atoms with Crippen molar-refractivity contribution in [3.63, 3.8) is 0 Å². The minimum atomic E-state index is -0.314. The van der Waals surface area contributed by atoms with E-state index < -0.39 is 0 Å². The number of nitrogens with one attached hydrogen (secondary N) is 1. The van der Waals surface area contributed by atoms with Crippen LogP contribution < -0.4 is 11.4 Å². The first-order valence-corrected chi connectivity index (χ1v) is 4.08. The van der Waals surface area contributed by atoms with Crippen LogP contribution in [0.1, 0.15) is 5.56 Å². The van der Waals surface area contributed by atoms with Crippen molar-refractivity contribution in [2.24, 2.45) is 10.9 Å². The molecule has 0 aromatic heterocycles. The largest absolute Gasteiger partial charge is 0.227 e. The van der Waals surface area contributed by atoms with Gasteiger partial charge in [0.1, 0.15) is 5.82 Å². The van der Waals surface area contributed by atoms with E-state index in [1.807, 2.05) is 0 Å². The summed E-state index contributed by atoms with van der Waals surface area (Å²) in [6, 6.07) is 6.42. The fraction of sp³-hybridized carbons (Fsp3) is 0. The van der Waals surface area contributed by atoms with Crippen LogP contribution >= 0.6 is 0 Å². The SMILES string of the molecule is NN1NN=CC=C1c1ccccc1F. The lowest BCUT2D eigenvalue weighted by Gasteiger charge is -2.22. The zero-order valence-corrected chi connectivity index (χ0v) is 7.31. The van der Waals surface area contributed by atoms with Crippen LogP contribution in [-0.4, -0.2) is 11.3 Å². The number of hydrogen-bond acceptors (Lipinski definition) is 4. The topological polar surface area (TPSA) is 53.6 Å². The molecule has 1 aromatic rings. The molecule has 0 amide bonds. The summed E-state index contributed by atoms with van der Waals surface area (Å²) in [5.41, 5.74) is 3.48. The number of benzene rings is 1. The summed E-state index contributed by atoms with van der Waals surface area (Å²) in [7, 11) is 0. The van der Waals surface area contributed by atoms with E-state index in [1.54, 1.807) is 24.3 Å². The van der Waals surface area contributed by atoms with Crippen LogP contribution in [0, 0.1) is 5.82 Å². The van der Waals surface area contributed by atoms with E-state index in [0.717, 1.165) is 0 Å². The van der Waals surface area contributed by atoms with E-state index >= 15 is 0 Å². The Bertz CT molecular complexity index is 400. The van der Waals surface area contributed by atoms with E-state index in [9.17, 15) is 4.39 Å². The second-order valence-corrected chi connectivity index (χ2v) is 2.78. The first kappa shape index (κ1) is 8.71. The number of rotatable bonds is 1. The highest BCUT2D eigenvalue weighted by Crippen LogP contribution is 2.19. The maximum atomic E-state index is 13.4. The van der Waals surface area contributed by atoms with Crippen molar-refractivity contribution in [1.82, 2.24) is 10.7 Å². The average Bonchev–Trinajstić information content (AvgIpc) is 2.20. The molecule has 4 nitrogen and oxygen atoms in total. The standard InChI is InChI=1S/C9H9FN4/c10-8-4-2-1-3-7(8)9-5-6-12-13-14(9)11/h1-6,13H,11H2. The fourth-order valence-corrected chi connectivity index (χ4v) is 1.23. The second-order valence-electron chi connectivity index (χ2n) is 2.78. The van der Waals surface area contributed by atoms with Crippen LogP contribution in [0.3, 0.4) is 0 Å².